The van der Waals surface area contributed by atoms with Gasteiger partial charge in [-0.05, 0) is 43.2 Å². The maximum atomic E-state index is 12.9. The van der Waals surface area contributed by atoms with Crippen molar-refractivity contribution in [2.24, 2.45) is 0 Å². The zero-order chi connectivity index (χ0) is 18.9. The monoisotopic (exact) mass is 382 g/mol. The number of carbonyl (C=O) groups is 1. The Bertz CT molecular complexity index is 792. The molecule has 0 spiro atoms. The van der Waals surface area contributed by atoms with Crippen LogP contribution in [0.25, 0.3) is 0 Å². The first-order valence-corrected chi connectivity index (χ1v) is 9.42. The van der Waals surface area contributed by atoms with E-state index in [1.165, 1.54) is 28.3 Å². The van der Waals surface area contributed by atoms with Gasteiger partial charge in [0.05, 0.1) is 10.4 Å². The van der Waals surface area contributed by atoms with Crippen LogP contribution >= 0.6 is 11.3 Å². The van der Waals surface area contributed by atoms with Crippen molar-refractivity contribution in [2.75, 3.05) is 31.1 Å². The maximum absolute atomic E-state index is 12.9. The van der Waals surface area contributed by atoms with Crippen molar-refractivity contribution in [2.45, 2.75) is 26.4 Å². The van der Waals surface area contributed by atoms with Crippen LogP contribution in [-0.2, 0) is 12.6 Å². The molecule has 3 rings (SSSR count). The molecule has 0 saturated carbocycles. The second-order valence-electron chi connectivity index (χ2n) is 6.40. The number of rotatable bonds is 3. The molecule has 0 unspecified atom stereocenters. The number of hydrogen-bond donors (Lipinski definition) is 0. The first-order chi connectivity index (χ1) is 12.3. The van der Waals surface area contributed by atoms with Gasteiger partial charge in [-0.2, -0.15) is 13.2 Å². The Hall–Kier alpha value is -2.02. The molecule has 1 aromatic carbocycles. The molecule has 1 amide bonds. The fourth-order valence-electron chi connectivity index (χ4n) is 3.18. The molecule has 0 radical (unpaired) electrons. The largest absolute Gasteiger partial charge is 0.416 e. The minimum absolute atomic E-state index is 0.0153. The molecule has 0 atom stereocenters. The predicted octanol–water partition coefficient (Wildman–Crippen LogP) is 4.60. The SMILES string of the molecule is CCc1sc(C(=O)N2CCN(c3cccc(C(F)(F)F)c3)CC2)cc1C. The second kappa shape index (κ2) is 7.31. The molecule has 0 aliphatic carbocycles. The van der Waals surface area contributed by atoms with Crippen molar-refractivity contribution in [1.82, 2.24) is 4.90 Å². The summed E-state index contributed by atoms with van der Waals surface area (Å²) in [5.74, 6) is 0.0153. The highest BCUT2D eigenvalue weighted by atomic mass is 32.1. The summed E-state index contributed by atoms with van der Waals surface area (Å²) in [6.45, 7) is 6.15. The summed E-state index contributed by atoms with van der Waals surface area (Å²) in [7, 11) is 0. The molecule has 1 aliphatic rings. The fraction of sp³-hybridized carbons (Fsp3) is 0.421. The predicted molar refractivity (Wildman–Crippen MR) is 98.0 cm³/mol. The number of anilines is 1. The van der Waals surface area contributed by atoms with Gasteiger partial charge >= 0.3 is 6.18 Å². The molecule has 26 heavy (non-hydrogen) atoms. The first-order valence-electron chi connectivity index (χ1n) is 8.60. The first kappa shape index (κ1) is 18.8. The van der Waals surface area contributed by atoms with Gasteiger partial charge in [0.1, 0.15) is 0 Å². The summed E-state index contributed by atoms with van der Waals surface area (Å²) in [5.41, 5.74) is 1.05. The highest BCUT2D eigenvalue weighted by molar-refractivity contribution is 7.14. The van der Waals surface area contributed by atoms with E-state index < -0.39 is 11.7 Å². The van der Waals surface area contributed by atoms with Crippen molar-refractivity contribution in [3.63, 3.8) is 0 Å². The molecule has 0 bridgehead atoms. The van der Waals surface area contributed by atoms with E-state index in [2.05, 4.69) is 6.92 Å². The fourth-order valence-corrected chi connectivity index (χ4v) is 4.26. The maximum Gasteiger partial charge on any atom is 0.416 e. The van der Waals surface area contributed by atoms with Crippen LogP contribution in [0.15, 0.2) is 30.3 Å². The molecular weight excluding hydrogens is 361 g/mol. The van der Waals surface area contributed by atoms with Gasteiger partial charge in [0.2, 0.25) is 0 Å². The number of hydrogen-bond acceptors (Lipinski definition) is 3. The van der Waals surface area contributed by atoms with Crippen molar-refractivity contribution in [3.05, 3.63) is 51.2 Å². The normalized spacial score (nSPS) is 15.4. The lowest BCUT2D eigenvalue weighted by molar-refractivity contribution is -0.137. The second-order valence-corrected chi connectivity index (χ2v) is 7.53. The molecule has 140 valence electrons. The highest BCUT2D eigenvalue weighted by Crippen LogP contribution is 2.32. The third-order valence-electron chi connectivity index (χ3n) is 4.66. The lowest BCUT2D eigenvalue weighted by atomic mass is 10.1. The topological polar surface area (TPSA) is 23.6 Å². The van der Waals surface area contributed by atoms with E-state index in [0.29, 0.717) is 31.9 Å². The van der Waals surface area contributed by atoms with E-state index >= 15 is 0 Å². The van der Waals surface area contributed by atoms with Crippen LogP contribution in [0.5, 0.6) is 0 Å². The Morgan fingerprint density at radius 1 is 1.15 bits per heavy atom. The number of nitrogens with zero attached hydrogens (tertiary/aromatic N) is 2. The standard InChI is InChI=1S/C19H21F3N2OS/c1-3-16-13(2)11-17(26-16)18(25)24-9-7-23(8-10-24)15-6-4-5-14(12-15)19(20,21)22/h4-6,11-12H,3,7-10H2,1-2H3. The molecule has 1 saturated heterocycles. The van der Waals surface area contributed by atoms with Gasteiger partial charge in [-0.1, -0.05) is 13.0 Å². The molecule has 3 nitrogen and oxygen atoms in total. The lowest BCUT2D eigenvalue weighted by Gasteiger charge is -2.36. The Morgan fingerprint density at radius 3 is 2.42 bits per heavy atom. The van der Waals surface area contributed by atoms with Crippen molar-refractivity contribution < 1.29 is 18.0 Å². The number of piperazine rings is 1. The van der Waals surface area contributed by atoms with Crippen LogP contribution in [0.1, 0.15) is 32.6 Å². The Morgan fingerprint density at radius 2 is 1.85 bits per heavy atom. The average molecular weight is 382 g/mol. The van der Waals surface area contributed by atoms with Gasteiger partial charge in [0.25, 0.3) is 5.91 Å². The molecule has 0 N–H and O–H groups in total. The summed E-state index contributed by atoms with van der Waals surface area (Å²) < 4.78 is 38.7. The number of halogens is 3. The Kier molecular flexibility index (Phi) is 5.27. The van der Waals surface area contributed by atoms with Crippen LogP contribution in [0, 0.1) is 6.92 Å². The molecule has 7 heteroatoms. The third-order valence-corrected chi connectivity index (χ3v) is 6.03. The molecule has 1 aromatic heterocycles. The number of aryl methyl sites for hydroxylation is 2. The van der Waals surface area contributed by atoms with Crippen LogP contribution in [0.2, 0.25) is 0 Å². The number of thiophene rings is 1. The van der Waals surface area contributed by atoms with E-state index in [-0.39, 0.29) is 5.91 Å². The van der Waals surface area contributed by atoms with Gasteiger partial charge in [-0.25, -0.2) is 0 Å². The molecule has 1 fully saturated rings. The van der Waals surface area contributed by atoms with E-state index in [4.69, 9.17) is 0 Å². The van der Waals surface area contributed by atoms with Crippen LogP contribution < -0.4 is 4.90 Å². The van der Waals surface area contributed by atoms with E-state index in [9.17, 15) is 18.0 Å². The minimum Gasteiger partial charge on any atom is -0.368 e. The number of amides is 1. The Balaban J connectivity index is 1.66. The number of carbonyl (C=O) groups excluding carboxylic acids is 1. The lowest BCUT2D eigenvalue weighted by Crippen LogP contribution is -2.48. The quantitative estimate of drug-likeness (QED) is 0.775. The summed E-state index contributed by atoms with van der Waals surface area (Å²) in [5, 5.41) is 0. The summed E-state index contributed by atoms with van der Waals surface area (Å²) in [6.07, 6.45) is -3.44. The Labute approximate surface area is 155 Å². The zero-order valence-electron chi connectivity index (χ0n) is 14.8. The average Bonchev–Trinajstić information content (AvgIpc) is 3.01. The van der Waals surface area contributed by atoms with E-state index in [1.54, 1.807) is 11.0 Å². The zero-order valence-corrected chi connectivity index (χ0v) is 15.6. The van der Waals surface area contributed by atoms with Gasteiger partial charge in [0.15, 0.2) is 0 Å². The van der Waals surface area contributed by atoms with Gasteiger partial charge in [-0.3, -0.25) is 4.79 Å². The minimum atomic E-state index is -4.35. The van der Waals surface area contributed by atoms with Crippen LogP contribution in [0.4, 0.5) is 18.9 Å². The van der Waals surface area contributed by atoms with Gasteiger partial charge in [0, 0.05) is 36.7 Å². The summed E-state index contributed by atoms with van der Waals surface area (Å²) in [6, 6.07) is 7.30. The summed E-state index contributed by atoms with van der Waals surface area (Å²) in [4.78, 5) is 18.3. The number of alkyl halides is 3. The molecular formula is C19H21F3N2OS. The van der Waals surface area contributed by atoms with Crippen molar-refractivity contribution in [3.8, 4) is 0 Å². The van der Waals surface area contributed by atoms with Crippen LogP contribution in [0.3, 0.4) is 0 Å². The highest BCUT2D eigenvalue weighted by Gasteiger charge is 2.31. The molecule has 2 aromatic rings. The van der Waals surface area contributed by atoms with Crippen LogP contribution in [-0.4, -0.2) is 37.0 Å². The van der Waals surface area contributed by atoms with E-state index in [0.717, 1.165) is 22.9 Å². The smallest absolute Gasteiger partial charge is 0.368 e. The number of benzene rings is 1. The molecule has 1 aliphatic heterocycles. The van der Waals surface area contributed by atoms with Crippen molar-refractivity contribution >= 4 is 22.9 Å². The summed E-state index contributed by atoms with van der Waals surface area (Å²) >= 11 is 1.53. The third kappa shape index (κ3) is 3.87. The van der Waals surface area contributed by atoms with Crippen molar-refractivity contribution in [1.29, 1.82) is 0 Å². The van der Waals surface area contributed by atoms with Gasteiger partial charge in [-0.15, -0.1) is 11.3 Å². The van der Waals surface area contributed by atoms with E-state index in [1.807, 2.05) is 17.9 Å². The van der Waals surface area contributed by atoms with Gasteiger partial charge < -0.3 is 9.80 Å². The molecule has 2 heterocycles.